The van der Waals surface area contributed by atoms with Gasteiger partial charge in [-0.25, -0.2) is 19.2 Å². The average Bonchev–Trinajstić information content (AvgIpc) is 2.62. The normalized spacial score (nSPS) is 19.4. The Labute approximate surface area is 169 Å². The van der Waals surface area contributed by atoms with Crippen molar-refractivity contribution in [1.29, 1.82) is 0 Å². The monoisotopic (exact) mass is 455 g/mol. The molecular weight excluding hydrogens is 436 g/mol. The van der Waals surface area contributed by atoms with Crippen molar-refractivity contribution in [2.45, 2.75) is 25.9 Å². The molecule has 0 saturated carbocycles. The van der Waals surface area contributed by atoms with Crippen LogP contribution in [0.3, 0.4) is 0 Å². The van der Waals surface area contributed by atoms with E-state index in [1.807, 2.05) is 11.8 Å². The molecule has 28 heavy (non-hydrogen) atoms. The minimum atomic E-state index is -1.08. The maximum atomic E-state index is 14.5. The molecule has 0 radical (unpaired) electrons. The Morgan fingerprint density at radius 2 is 2.14 bits per heavy atom. The summed E-state index contributed by atoms with van der Waals surface area (Å²) >= 11 is 3.03. The van der Waals surface area contributed by atoms with E-state index in [4.69, 9.17) is 5.11 Å². The van der Waals surface area contributed by atoms with Crippen molar-refractivity contribution in [1.82, 2.24) is 15.3 Å². The van der Waals surface area contributed by atoms with Gasteiger partial charge in [0.2, 0.25) is 5.95 Å². The molecule has 10 heteroatoms. The molecule has 1 aliphatic rings. The second-order valence-electron chi connectivity index (χ2n) is 6.82. The lowest BCUT2D eigenvalue weighted by molar-refractivity contribution is 0.186. The Morgan fingerprint density at radius 3 is 2.86 bits per heavy atom. The van der Waals surface area contributed by atoms with Crippen LogP contribution in [0, 0.1) is 17.7 Å². The summed E-state index contributed by atoms with van der Waals surface area (Å²) in [6.45, 7) is 3.29. The van der Waals surface area contributed by atoms with Crippen LogP contribution in [0.4, 0.5) is 25.0 Å². The maximum Gasteiger partial charge on any atom is 0.404 e. The molecule has 150 valence electrons. The van der Waals surface area contributed by atoms with Gasteiger partial charge in [-0.05, 0) is 46.5 Å². The highest BCUT2D eigenvalue weighted by Gasteiger charge is 2.28. The third-order valence-electron chi connectivity index (χ3n) is 4.52. The van der Waals surface area contributed by atoms with Crippen LogP contribution in [0.25, 0.3) is 0 Å². The quantitative estimate of drug-likeness (QED) is 0.596. The first-order valence-corrected chi connectivity index (χ1v) is 9.56. The highest BCUT2D eigenvalue weighted by Crippen LogP contribution is 2.31. The summed E-state index contributed by atoms with van der Waals surface area (Å²) in [5.74, 6) is -0.916. The van der Waals surface area contributed by atoms with E-state index < -0.39 is 17.9 Å². The molecule has 2 aromatic rings. The number of anilines is 2. The number of hydrogen-bond donors (Lipinski definition) is 3. The van der Waals surface area contributed by atoms with E-state index in [-0.39, 0.29) is 28.8 Å². The van der Waals surface area contributed by atoms with Gasteiger partial charge in [0.05, 0.1) is 17.9 Å². The van der Waals surface area contributed by atoms with E-state index in [9.17, 15) is 13.6 Å². The van der Waals surface area contributed by atoms with E-state index in [1.54, 1.807) is 6.07 Å². The van der Waals surface area contributed by atoms with Crippen LogP contribution in [0.2, 0.25) is 0 Å². The highest BCUT2D eigenvalue weighted by atomic mass is 79.9. The van der Waals surface area contributed by atoms with E-state index >= 15 is 0 Å². The SMILES string of the molecule is C[C@@H]1C[C@H](NC(=O)O)CN(c2ccnc(F)c2NCc2ccc(F)c(Br)n2)C1. The van der Waals surface area contributed by atoms with E-state index in [0.717, 1.165) is 0 Å². The van der Waals surface area contributed by atoms with Crippen molar-refractivity contribution < 1.29 is 18.7 Å². The molecule has 2 aromatic heterocycles. The second kappa shape index (κ2) is 8.68. The third kappa shape index (κ3) is 4.86. The molecule has 0 aliphatic carbocycles. The standard InChI is InChI=1S/C18H20BrF2N5O2/c1-10-6-12(25-18(27)28)9-26(8-10)14-4-5-22-17(21)15(14)23-7-11-2-3-13(20)16(19)24-11/h2-5,10,12,23,25H,6-9H2,1H3,(H,27,28)/t10-,12+/m1/s1. The number of nitrogens with zero attached hydrogens (tertiary/aromatic N) is 3. The molecule has 3 N–H and O–H groups in total. The van der Waals surface area contributed by atoms with Crippen molar-refractivity contribution in [3.8, 4) is 0 Å². The first-order valence-electron chi connectivity index (χ1n) is 8.77. The summed E-state index contributed by atoms with van der Waals surface area (Å²) < 4.78 is 27.9. The average molecular weight is 456 g/mol. The molecule has 0 aromatic carbocycles. The van der Waals surface area contributed by atoms with Gasteiger partial charge >= 0.3 is 6.09 Å². The highest BCUT2D eigenvalue weighted by molar-refractivity contribution is 9.10. The molecule has 2 atom stereocenters. The molecule has 1 aliphatic heterocycles. The smallest absolute Gasteiger partial charge is 0.404 e. The van der Waals surface area contributed by atoms with Crippen molar-refractivity contribution in [2.75, 3.05) is 23.3 Å². The molecular formula is C18H20BrF2N5O2. The van der Waals surface area contributed by atoms with E-state index in [1.165, 1.54) is 18.3 Å². The predicted molar refractivity (Wildman–Crippen MR) is 104 cm³/mol. The number of pyridine rings is 2. The lowest BCUT2D eigenvalue weighted by Crippen LogP contribution is -2.50. The fraction of sp³-hybridized carbons (Fsp3) is 0.389. The Kier molecular flexibility index (Phi) is 6.28. The van der Waals surface area contributed by atoms with Crippen LogP contribution in [0.15, 0.2) is 29.0 Å². The Hall–Kier alpha value is -2.49. The molecule has 3 rings (SSSR count). The van der Waals surface area contributed by atoms with Crippen LogP contribution in [-0.2, 0) is 6.54 Å². The molecule has 3 heterocycles. The van der Waals surface area contributed by atoms with Gasteiger partial charge in [0.15, 0.2) is 5.82 Å². The number of halogens is 3. The zero-order valence-corrected chi connectivity index (χ0v) is 16.7. The number of nitrogens with one attached hydrogen (secondary N) is 2. The second-order valence-corrected chi connectivity index (χ2v) is 7.57. The molecule has 7 nitrogen and oxygen atoms in total. The van der Waals surface area contributed by atoms with Gasteiger partial charge in [-0.3, -0.25) is 0 Å². The van der Waals surface area contributed by atoms with Crippen LogP contribution >= 0.6 is 15.9 Å². The van der Waals surface area contributed by atoms with Gasteiger partial charge in [0.25, 0.3) is 0 Å². The topological polar surface area (TPSA) is 90.4 Å². The summed E-state index contributed by atoms with van der Waals surface area (Å²) in [7, 11) is 0. The number of piperidine rings is 1. The largest absolute Gasteiger partial charge is 0.465 e. The fourth-order valence-corrected chi connectivity index (χ4v) is 3.77. The van der Waals surface area contributed by atoms with Crippen LogP contribution in [0.5, 0.6) is 0 Å². The zero-order chi connectivity index (χ0) is 20.3. The third-order valence-corrected chi connectivity index (χ3v) is 5.07. The van der Waals surface area contributed by atoms with Gasteiger partial charge < -0.3 is 20.6 Å². The van der Waals surface area contributed by atoms with Gasteiger partial charge in [-0.2, -0.15) is 4.39 Å². The predicted octanol–water partition coefficient (Wildman–Crippen LogP) is 3.61. The van der Waals surface area contributed by atoms with Crippen molar-refractivity contribution in [2.24, 2.45) is 5.92 Å². The summed E-state index contributed by atoms with van der Waals surface area (Å²) in [5, 5.41) is 14.5. The lowest BCUT2D eigenvalue weighted by atomic mass is 9.95. The minimum absolute atomic E-state index is 0.0890. The molecule has 0 unspecified atom stereocenters. The van der Waals surface area contributed by atoms with Crippen LogP contribution in [-0.4, -0.2) is 40.3 Å². The number of carbonyl (C=O) groups is 1. The Morgan fingerprint density at radius 1 is 1.36 bits per heavy atom. The Balaban J connectivity index is 1.81. The van der Waals surface area contributed by atoms with E-state index in [2.05, 4.69) is 36.5 Å². The van der Waals surface area contributed by atoms with E-state index in [0.29, 0.717) is 30.9 Å². The van der Waals surface area contributed by atoms with Gasteiger partial charge in [0, 0.05) is 25.3 Å². The first-order chi connectivity index (χ1) is 13.3. The number of carboxylic acid groups (broad SMARTS) is 1. The molecule has 1 fully saturated rings. The summed E-state index contributed by atoms with van der Waals surface area (Å²) in [6, 6.07) is 4.23. The zero-order valence-electron chi connectivity index (χ0n) is 15.1. The number of amides is 1. The van der Waals surface area contributed by atoms with Crippen molar-refractivity contribution >= 4 is 33.4 Å². The van der Waals surface area contributed by atoms with Gasteiger partial charge in [-0.15, -0.1) is 0 Å². The fourth-order valence-electron chi connectivity index (χ4n) is 3.41. The van der Waals surface area contributed by atoms with Crippen LogP contribution < -0.4 is 15.5 Å². The summed E-state index contributed by atoms with van der Waals surface area (Å²) in [5.41, 5.74) is 1.32. The molecule has 0 bridgehead atoms. The number of aromatic nitrogens is 2. The Bertz CT molecular complexity index is 870. The maximum absolute atomic E-state index is 14.5. The first kappa shape index (κ1) is 20.2. The van der Waals surface area contributed by atoms with Gasteiger partial charge in [-0.1, -0.05) is 6.92 Å². The minimum Gasteiger partial charge on any atom is -0.465 e. The summed E-state index contributed by atoms with van der Waals surface area (Å²) in [6.07, 6.45) is 1.01. The lowest BCUT2D eigenvalue weighted by Gasteiger charge is -2.38. The van der Waals surface area contributed by atoms with Crippen molar-refractivity contribution in [3.05, 3.63) is 46.5 Å². The number of rotatable bonds is 5. The molecule has 0 spiro atoms. The molecule has 1 saturated heterocycles. The van der Waals surface area contributed by atoms with Crippen LogP contribution in [0.1, 0.15) is 19.0 Å². The number of hydrogen-bond acceptors (Lipinski definition) is 5. The van der Waals surface area contributed by atoms with Crippen molar-refractivity contribution in [3.63, 3.8) is 0 Å². The summed E-state index contributed by atoms with van der Waals surface area (Å²) in [4.78, 5) is 20.7. The van der Waals surface area contributed by atoms with Gasteiger partial charge in [0.1, 0.15) is 10.3 Å². The molecule has 1 amide bonds.